The number of carbonyl (C=O) groups excluding carboxylic acids is 2. The number of nitrogens with zero attached hydrogens (tertiary/aromatic N) is 3. The molecule has 3 aromatic heterocycles. The smallest absolute Gasteiger partial charge is 0.321 e. The molecule has 1 saturated heterocycles. The van der Waals surface area contributed by atoms with Crippen LogP contribution >= 0.6 is 11.6 Å². The maximum Gasteiger partial charge on any atom is 0.321 e. The minimum absolute atomic E-state index is 0.0936. The summed E-state index contributed by atoms with van der Waals surface area (Å²) in [5, 5.41) is 5.25. The Kier molecular flexibility index (Phi) is 6.26. The number of urea groups is 1. The maximum atomic E-state index is 13.6. The molecule has 10 nitrogen and oxygen atoms in total. The van der Waals surface area contributed by atoms with Gasteiger partial charge in [0.25, 0.3) is 5.56 Å². The molecule has 0 saturated carbocycles. The highest BCUT2D eigenvalue weighted by Crippen LogP contribution is 2.30. The minimum atomic E-state index is -0.699. The molecule has 4 heterocycles. The van der Waals surface area contributed by atoms with Crippen molar-refractivity contribution >= 4 is 23.5 Å². The summed E-state index contributed by atoms with van der Waals surface area (Å²) < 4.78 is 12.5. The van der Waals surface area contributed by atoms with Crippen LogP contribution in [0.2, 0.25) is 5.02 Å². The van der Waals surface area contributed by atoms with Crippen molar-refractivity contribution < 1.29 is 18.7 Å². The molecule has 11 heteroatoms. The summed E-state index contributed by atoms with van der Waals surface area (Å²) in [5.74, 6) is -0.0864. The second-order valence-corrected chi connectivity index (χ2v) is 8.58. The van der Waals surface area contributed by atoms with Crippen molar-refractivity contribution in [3.05, 3.63) is 93.8 Å². The van der Waals surface area contributed by atoms with E-state index in [9.17, 15) is 14.4 Å². The van der Waals surface area contributed by atoms with E-state index < -0.39 is 17.9 Å². The van der Waals surface area contributed by atoms with Gasteiger partial charge in [0.2, 0.25) is 5.91 Å². The number of oxazole rings is 1. The molecule has 1 fully saturated rings. The van der Waals surface area contributed by atoms with Crippen molar-refractivity contribution in [2.45, 2.75) is 19.4 Å². The molecule has 0 radical (unpaired) electrons. The van der Waals surface area contributed by atoms with Gasteiger partial charge in [-0.05, 0) is 54.4 Å². The van der Waals surface area contributed by atoms with Crippen LogP contribution in [0.4, 0.5) is 4.79 Å². The molecule has 36 heavy (non-hydrogen) atoms. The van der Waals surface area contributed by atoms with Crippen molar-refractivity contribution in [1.82, 2.24) is 25.2 Å². The largest absolute Gasteiger partial charge is 0.487 e. The number of hydrogen-bond acceptors (Lipinski definition) is 7. The average molecular weight is 506 g/mol. The number of hydrogen-bond donors (Lipinski definition) is 2. The lowest BCUT2D eigenvalue weighted by molar-refractivity contribution is -0.122. The van der Waals surface area contributed by atoms with Gasteiger partial charge in [0.1, 0.15) is 23.8 Å². The summed E-state index contributed by atoms with van der Waals surface area (Å²) >= 11 is 6.38. The zero-order chi connectivity index (χ0) is 25.2. The van der Waals surface area contributed by atoms with Crippen LogP contribution in [0.1, 0.15) is 22.9 Å². The maximum absolute atomic E-state index is 13.6. The zero-order valence-corrected chi connectivity index (χ0v) is 19.8. The molecule has 0 spiro atoms. The van der Waals surface area contributed by atoms with Gasteiger partial charge in [0, 0.05) is 29.5 Å². The zero-order valence-electron chi connectivity index (χ0n) is 19.0. The standard InChI is InChI=1S/C25H20ClN5O5/c1-14-22(29-13-36-14)12-35-19-6-15(5-17(26)8-19)20-7-16(21-10-28-25(34)30-23(21)32)11-31(24(20)33)18-3-2-4-27-9-18/h2-9,11,13,21H,10,12H2,1H3,(H2,28,30,32,34). The number of imide groups is 1. The van der Waals surface area contributed by atoms with Gasteiger partial charge < -0.3 is 14.5 Å². The molecule has 5 rings (SSSR count). The first kappa shape index (κ1) is 23.3. The normalized spacial score (nSPS) is 15.3. The summed E-state index contributed by atoms with van der Waals surface area (Å²) in [6, 6.07) is 9.49. The molecule has 2 N–H and O–H groups in total. The number of nitrogens with one attached hydrogen (secondary N) is 2. The van der Waals surface area contributed by atoms with Gasteiger partial charge in [-0.2, -0.15) is 0 Å². The molecule has 0 bridgehead atoms. The number of rotatable bonds is 6. The van der Waals surface area contributed by atoms with E-state index >= 15 is 0 Å². The Hall–Kier alpha value is -4.44. The highest BCUT2D eigenvalue weighted by molar-refractivity contribution is 6.31. The summed E-state index contributed by atoms with van der Waals surface area (Å²) in [6.07, 6.45) is 6.07. The molecule has 1 aromatic carbocycles. The molecule has 4 aromatic rings. The van der Waals surface area contributed by atoms with Gasteiger partial charge in [-0.25, -0.2) is 9.78 Å². The predicted octanol–water partition coefficient (Wildman–Crippen LogP) is 3.35. The molecule has 3 amide bonds. The van der Waals surface area contributed by atoms with Crippen molar-refractivity contribution in [3.63, 3.8) is 0 Å². The van der Waals surface area contributed by atoms with Crippen LogP contribution in [-0.4, -0.2) is 33.0 Å². The number of carbonyl (C=O) groups is 2. The van der Waals surface area contributed by atoms with E-state index in [1.807, 2.05) is 0 Å². The lowest BCUT2D eigenvalue weighted by atomic mass is 9.95. The van der Waals surface area contributed by atoms with E-state index in [-0.39, 0.29) is 18.7 Å². The number of aromatic nitrogens is 3. The van der Waals surface area contributed by atoms with Crippen molar-refractivity contribution in [2.75, 3.05) is 6.54 Å². The summed E-state index contributed by atoms with van der Waals surface area (Å²) in [6.45, 7) is 2.03. The van der Waals surface area contributed by atoms with Crippen LogP contribution in [0.3, 0.4) is 0 Å². The van der Waals surface area contributed by atoms with Crippen molar-refractivity contribution in [1.29, 1.82) is 0 Å². The lowest BCUT2D eigenvalue weighted by Crippen LogP contribution is -2.51. The molecule has 1 atom stereocenters. The average Bonchev–Trinajstić information content (AvgIpc) is 3.28. The first-order chi connectivity index (χ1) is 17.4. The highest BCUT2D eigenvalue weighted by atomic mass is 35.5. The Morgan fingerprint density at radius 2 is 2.08 bits per heavy atom. The third kappa shape index (κ3) is 4.71. The monoisotopic (exact) mass is 505 g/mol. The van der Waals surface area contributed by atoms with Gasteiger partial charge in [0.15, 0.2) is 6.39 Å². The Morgan fingerprint density at radius 3 is 2.81 bits per heavy atom. The SMILES string of the molecule is Cc1ocnc1COc1cc(Cl)cc(-c2cc(C3CNC(=O)NC3=O)cn(-c3cccnc3)c2=O)c1. The number of pyridine rings is 2. The highest BCUT2D eigenvalue weighted by Gasteiger charge is 2.29. The van der Waals surface area contributed by atoms with Gasteiger partial charge in [-0.1, -0.05) is 11.6 Å². The molecule has 0 aliphatic carbocycles. The van der Waals surface area contributed by atoms with Crippen molar-refractivity contribution in [3.8, 4) is 22.6 Å². The quantitative estimate of drug-likeness (QED) is 0.411. The molecular weight excluding hydrogens is 486 g/mol. The second-order valence-electron chi connectivity index (χ2n) is 8.14. The van der Waals surface area contributed by atoms with E-state index in [1.54, 1.807) is 61.9 Å². The molecular formula is C25H20ClN5O5. The molecule has 182 valence electrons. The van der Waals surface area contributed by atoms with E-state index in [4.69, 9.17) is 20.8 Å². The fourth-order valence-corrected chi connectivity index (χ4v) is 4.13. The summed E-state index contributed by atoms with van der Waals surface area (Å²) in [5.41, 5.74) is 2.15. The lowest BCUT2D eigenvalue weighted by Gasteiger charge is -2.23. The van der Waals surface area contributed by atoms with Gasteiger partial charge >= 0.3 is 6.03 Å². The predicted molar refractivity (Wildman–Crippen MR) is 130 cm³/mol. The Morgan fingerprint density at radius 1 is 1.22 bits per heavy atom. The van der Waals surface area contributed by atoms with Gasteiger partial charge in [0.05, 0.1) is 17.8 Å². The topological polar surface area (TPSA) is 128 Å². The van der Waals surface area contributed by atoms with Crippen LogP contribution < -0.4 is 20.9 Å². The number of amides is 3. The fourth-order valence-electron chi connectivity index (χ4n) is 3.91. The summed E-state index contributed by atoms with van der Waals surface area (Å²) in [7, 11) is 0. The molecule has 1 aliphatic rings. The molecule has 1 unspecified atom stereocenters. The van der Waals surface area contributed by atoms with Crippen molar-refractivity contribution in [2.24, 2.45) is 0 Å². The minimum Gasteiger partial charge on any atom is -0.487 e. The fraction of sp³-hybridized carbons (Fsp3) is 0.160. The number of benzene rings is 1. The van der Waals surface area contributed by atoms with Crippen LogP contribution in [0.25, 0.3) is 16.8 Å². The Bertz CT molecular complexity index is 1520. The number of ether oxygens (including phenoxy) is 1. The third-order valence-electron chi connectivity index (χ3n) is 5.79. The van der Waals surface area contributed by atoms with Crippen LogP contribution in [0.5, 0.6) is 5.75 Å². The number of aryl methyl sites for hydroxylation is 1. The van der Waals surface area contributed by atoms with Gasteiger partial charge in [-0.15, -0.1) is 0 Å². The third-order valence-corrected chi connectivity index (χ3v) is 6.01. The van der Waals surface area contributed by atoms with Gasteiger partial charge in [-0.3, -0.25) is 24.5 Å². The Balaban J connectivity index is 1.60. The van der Waals surface area contributed by atoms with Crippen LogP contribution in [0, 0.1) is 6.92 Å². The first-order valence-corrected chi connectivity index (χ1v) is 11.4. The van der Waals surface area contributed by atoms with E-state index in [0.29, 0.717) is 44.6 Å². The van der Waals surface area contributed by atoms with Crippen LogP contribution in [0.15, 0.2) is 70.6 Å². The summed E-state index contributed by atoms with van der Waals surface area (Å²) in [4.78, 5) is 46.0. The second kappa shape index (κ2) is 9.67. The first-order valence-electron chi connectivity index (χ1n) is 11.0. The van der Waals surface area contributed by atoms with E-state index in [1.165, 1.54) is 11.0 Å². The van der Waals surface area contributed by atoms with E-state index in [0.717, 1.165) is 0 Å². The molecule has 1 aliphatic heterocycles. The Labute approximate surface area is 209 Å². The number of halogens is 1. The van der Waals surface area contributed by atoms with Crippen LogP contribution in [-0.2, 0) is 11.4 Å². The van der Waals surface area contributed by atoms with E-state index in [2.05, 4.69) is 20.6 Å².